The van der Waals surface area contributed by atoms with Crippen LogP contribution in [0.4, 0.5) is 4.20 Å². The topological polar surface area (TPSA) is 0 Å². The summed E-state index contributed by atoms with van der Waals surface area (Å²) in [4.78, 5) is 0. The van der Waals surface area contributed by atoms with Crippen LogP contribution in [0, 0.1) is 0 Å². The van der Waals surface area contributed by atoms with Gasteiger partial charge in [-0.3, -0.25) is 0 Å². The maximum atomic E-state index is 18.3. The second-order valence-corrected chi connectivity index (χ2v) is 13.5. The normalized spacial score (nSPS) is 12.9. The number of halogens is 1. The van der Waals surface area contributed by atoms with Crippen LogP contribution in [-0.4, -0.2) is 6.16 Å². The minimum absolute atomic E-state index is 0.583. The van der Waals surface area contributed by atoms with E-state index in [-0.39, 0.29) is 0 Å². The summed E-state index contributed by atoms with van der Waals surface area (Å²) in [6.45, 7) is -1.76. The zero-order chi connectivity index (χ0) is 22.6. The van der Waals surface area contributed by atoms with Gasteiger partial charge in [0.2, 0.25) is 0 Å². The Morgan fingerprint density at radius 2 is 0.781 bits per heavy atom. The molecule has 2 heteroatoms. The molecule has 0 aromatic heterocycles. The zero-order valence-corrected chi connectivity index (χ0v) is 20.7. The van der Waals surface area contributed by atoms with Crippen LogP contribution in [0.3, 0.4) is 0 Å². The molecule has 0 aliphatic heterocycles. The van der Waals surface area contributed by atoms with Gasteiger partial charge in [0.25, 0.3) is 0 Å². The number of hydrogen-bond acceptors (Lipinski definition) is 0. The molecule has 172 valence electrons. The number of benzene rings is 3. The molecule has 0 fully saturated rings. The Morgan fingerprint density at radius 1 is 0.469 bits per heavy atom. The van der Waals surface area contributed by atoms with E-state index in [1.165, 1.54) is 51.4 Å². The summed E-state index contributed by atoms with van der Waals surface area (Å²) < 4.78 is 18.3. The molecule has 0 atom stereocenters. The van der Waals surface area contributed by atoms with E-state index in [9.17, 15) is 0 Å². The Hall–Kier alpha value is -1.98. The van der Waals surface area contributed by atoms with Gasteiger partial charge >= 0.3 is 195 Å². The van der Waals surface area contributed by atoms with Crippen LogP contribution in [0.1, 0.15) is 71.1 Å². The number of rotatable bonds is 14. The summed E-state index contributed by atoms with van der Waals surface area (Å²) in [7, 11) is 0. The van der Waals surface area contributed by atoms with Crippen molar-refractivity contribution in [3.63, 3.8) is 0 Å². The molecule has 0 N–H and O–H groups in total. The van der Waals surface area contributed by atoms with Gasteiger partial charge in [0.15, 0.2) is 0 Å². The van der Waals surface area contributed by atoms with Crippen LogP contribution >= 0.6 is 6.91 Å². The van der Waals surface area contributed by atoms with E-state index in [2.05, 4.69) is 6.92 Å². The van der Waals surface area contributed by atoms with Crippen molar-refractivity contribution < 1.29 is 4.20 Å². The van der Waals surface area contributed by atoms with Crippen molar-refractivity contribution in [1.82, 2.24) is 0 Å². The molecule has 0 radical (unpaired) electrons. The molecule has 3 rings (SSSR count). The minimum atomic E-state index is -4.03. The molecule has 3 aromatic carbocycles. The first-order chi connectivity index (χ1) is 15.7. The molecule has 0 saturated carbocycles. The summed E-state index contributed by atoms with van der Waals surface area (Å²) in [5.41, 5.74) is 0. The van der Waals surface area contributed by atoms with Gasteiger partial charge in [-0.25, -0.2) is 0 Å². The SMILES string of the molecule is CCCCCCCCCCCCP(F)(c1ccccc1)(c1ccccc1)c1ccccc1. The van der Waals surface area contributed by atoms with E-state index in [0.717, 1.165) is 28.8 Å². The Bertz CT molecular complexity index is 792. The third-order valence-corrected chi connectivity index (χ3v) is 12.1. The molecule has 3 aromatic rings. The van der Waals surface area contributed by atoms with Crippen molar-refractivity contribution in [3.8, 4) is 0 Å². The van der Waals surface area contributed by atoms with E-state index < -0.39 is 6.91 Å². The van der Waals surface area contributed by atoms with Gasteiger partial charge in [0, 0.05) is 0 Å². The second kappa shape index (κ2) is 12.3. The van der Waals surface area contributed by atoms with E-state index in [0.29, 0.717) is 6.16 Å². The molecular weight excluding hydrogens is 410 g/mol. The fraction of sp³-hybridized carbons (Fsp3) is 0.400. The van der Waals surface area contributed by atoms with Gasteiger partial charge in [0.05, 0.1) is 0 Å². The van der Waals surface area contributed by atoms with Gasteiger partial charge in [-0.05, 0) is 0 Å². The van der Waals surface area contributed by atoms with Crippen LogP contribution in [0.5, 0.6) is 0 Å². The molecule has 0 nitrogen and oxygen atoms in total. The molecule has 0 saturated heterocycles. The predicted octanol–water partition coefficient (Wildman–Crippen LogP) is 8.32. The van der Waals surface area contributed by atoms with E-state index in [4.69, 9.17) is 0 Å². The average Bonchev–Trinajstić information content (AvgIpc) is 2.87. The van der Waals surface area contributed by atoms with Crippen molar-refractivity contribution in [1.29, 1.82) is 0 Å². The first-order valence-corrected chi connectivity index (χ1v) is 14.9. The van der Waals surface area contributed by atoms with Gasteiger partial charge in [-0.15, -0.1) is 0 Å². The standard InChI is InChI=1S/C30H40FP/c1-2-3-4-5-6-7-8-9-10-20-27-32(31,28-21-14-11-15-22-28,29-23-16-12-17-24-29)30-25-18-13-19-26-30/h11-19,21-26H,2-10,20,27H2,1H3. The molecular formula is C30H40FP. The molecule has 0 unspecified atom stereocenters. The van der Waals surface area contributed by atoms with Crippen LogP contribution in [-0.2, 0) is 0 Å². The van der Waals surface area contributed by atoms with Crippen LogP contribution in [0.15, 0.2) is 91.0 Å². The Kier molecular flexibility index (Phi) is 9.49. The quantitative estimate of drug-likeness (QED) is 0.171. The maximum absolute atomic E-state index is 18.3. The van der Waals surface area contributed by atoms with Crippen molar-refractivity contribution in [3.05, 3.63) is 91.0 Å². The van der Waals surface area contributed by atoms with Crippen molar-refractivity contribution in [2.24, 2.45) is 0 Å². The van der Waals surface area contributed by atoms with Crippen LogP contribution in [0.25, 0.3) is 0 Å². The zero-order valence-electron chi connectivity index (χ0n) is 19.8. The van der Waals surface area contributed by atoms with Gasteiger partial charge in [0.1, 0.15) is 0 Å². The summed E-state index contributed by atoms with van der Waals surface area (Å²) >= 11 is 0. The Balaban J connectivity index is 1.78. The second-order valence-electron chi connectivity index (χ2n) is 9.10. The van der Waals surface area contributed by atoms with E-state index in [1.54, 1.807) is 0 Å². The molecule has 0 bridgehead atoms. The molecule has 0 spiro atoms. The Morgan fingerprint density at radius 3 is 1.12 bits per heavy atom. The third-order valence-electron chi connectivity index (χ3n) is 6.82. The van der Waals surface area contributed by atoms with Gasteiger partial charge in [-0.1, -0.05) is 0 Å². The van der Waals surface area contributed by atoms with E-state index in [1.807, 2.05) is 91.0 Å². The fourth-order valence-electron chi connectivity index (χ4n) is 4.95. The predicted molar refractivity (Wildman–Crippen MR) is 143 cm³/mol. The molecule has 0 aliphatic rings. The third kappa shape index (κ3) is 5.68. The summed E-state index contributed by atoms with van der Waals surface area (Å²) in [6.07, 6.45) is 13.2. The van der Waals surface area contributed by atoms with E-state index >= 15 is 4.20 Å². The average molecular weight is 451 g/mol. The molecule has 0 aliphatic carbocycles. The monoisotopic (exact) mass is 450 g/mol. The van der Waals surface area contributed by atoms with Gasteiger partial charge in [-0.2, -0.15) is 0 Å². The fourth-order valence-corrected chi connectivity index (χ4v) is 9.81. The molecule has 0 amide bonds. The van der Waals surface area contributed by atoms with Crippen LogP contribution < -0.4 is 15.9 Å². The molecule has 32 heavy (non-hydrogen) atoms. The van der Waals surface area contributed by atoms with Crippen LogP contribution in [0.2, 0.25) is 0 Å². The summed E-state index contributed by atoms with van der Waals surface area (Å²) in [5, 5.41) is 2.56. The number of hydrogen-bond donors (Lipinski definition) is 0. The molecule has 0 heterocycles. The number of unbranched alkanes of at least 4 members (excludes halogenated alkanes) is 9. The van der Waals surface area contributed by atoms with Crippen molar-refractivity contribution in [2.75, 3.05) is 6.16 Å². The van der Waals surface area contributed by atoms with Crippen molar-refractivity contribution >= 4 is 22.8 Å². The van der Waals surface area contributed by atoms with Crippen molar-refractivity contribution in [2.45, 2.75) is 71.1 Å². The Labute approximate surface area is 195 Å². The summed E-state index contributed by atoms with van der Waals surface area (Å²) in [5.74, 6) is 0. The summed E-state index contributed by atoms with van der Waals surface area (Å²) in [6, 6.07) is 29.9. The first-order valence-electron chi connectivity index (χ1n) is 12.6. The van der Waals surface area contributed by atoms with Gasteiger partial charge < -0.3 is 0 Å². The first kappa shape index (κ1) is 24.7.